The molecule has 2 aliphatic heterocycles. The average molecular weight is 713 g/mol. The van der Waals surface area contributed by atoms with Gasteiger partial charge in [-0.2, -0.15) is 0 Å². The lowest BCUT2D eigenvalue weighted by molar-refractivity contribution is -0.324. The third-order valence-corrected chi connectivity index (χ3v) is 18.2. The van der Waals surface area contributed by atoms with Gasteiger partial charge in [0.1, 0.15) is 0 Å². The molecule has 0 amide bonds. The molecule has 0 aromatic heterocycles. The molecule has 6 nitrogen and oxygen atoms in total. The van der Waals surface area contributed by atoms with Gasteiger partial charge in [-0.1, -0.05) is 89.2 Å². The molecule has 0 aliphatic carbocycles. The Morgan fingerprint density at radius 2 is 1.65 bits per heavy atom. The topological polar surface area (TPSA) is 71.1 Å². The summed E-state index contributed by atoms with van der Waals surface area (Å²) in [5.74, 6) is -0.432. The van der Waals surface area contributed by atoms with Crippen LogP contribution in [0.1, 0.15) is 105 Å². The van der Waals surface area contributed by atoms with E-state index in [-0.39, 0.29) is 29.3 Å². The summed E-state index contributed by atoms with van der Waals surface area (Å²) in [4.78, 5) is 0.367. The van der Waals surface area contributed by atoms with Crippen molar-refractivity contribution in [2.24, 2.45) is 11.8 Å². The fourth-order valence-electron chi connectivity index (χ4n) is 7.07. The van der Waals surface area contributed by atoms with E-state index in [0.29, 0.717) is 30.4 Å². The van der Waals surface area contributed by atoms with Crippen molar-refractivity contribution in [2.75, 3.05) is 6.61 Å². The Hall–Kier alpha value is -1.81. The second kappa shape index (κ2) is 17.1. The molecule has 5 unspecified atom stereocenters. The molecule has 2 saturated heterocycles. The highest BCUT2D eigenvalue weighted by atomic mass is 32.2. The van der Waals surface area contributed by atoms with Crippen LogP contribution >= 0.6 is 0 Å². The predicted octanol–water partition coefficient (Wildman–Crippen LogP) is 10.3. The Morgan fingerprint density at radius 1 is 1.00 bits per heavy atom. The summed E-state index contributed by atoms with van der Waals surface area (Å²) in [7, 11) is -5.63. The van der Waals surface area contributed by atoms with Gasteiger partial charge in [0, 0.05) is 19.4 Å². The quantitative estimate of drug-likeness (QED) is 0.104. The van der Waals surface area contributed by atoms with Crippen LogP contribution in [0.3, 0.4) is 0 Å². The summed E-state index contributed by atoms with van der Waals surface area (Å²) in [5, 5.41) is -0.542. The van der Waals surface area contributed by atoms with Gasteiger partial charge < -0.3 is 18.6 Å². The van der Waals surface area contributed by atoms with E-state index in [1.54, 1.807) is 24.3 Å². The number of ether oxygens (including phenoxy) is 3. The van der Waals surface area contributed by atoms with E-state index in [4.69, 9.17) is 18.6 Å². The first-order valence-corrected chi connectivity index (χ1v) is 23.1. The predicted molar refractivity (Wildman–Crippen MR) is 203 cm³/mol. The van der Waals surface area contributed by atoms with Crippen LogP contribution in [0, 0.1) is 11.8 Å². The highest BCUT2D eigenvalue weighted by Gasteiger charge is 2.46. The number of sulfone groups is 1. The van der Waals surface area contributed by atoms with Crippen LogP contribution in [0.5, 0.6) is 0 Å². The molecule has 4 rings (SSSR count). The Labute approximate surface area is 299 Å². The smallest absolute Gasteiger partial charge is 0.192 e. The van der Waals surface area contributed by atoms with E-state index in [1.165, 1.54) is 5.56 Å². The lowest BCUT2D eigenvalue weighted by atomic mass is 9.85. The number of benzene rings is 2. The van der Waals surface area contributed by atoms with E-state index in [0.717, 1.165) is 50.5 Å². The van der Waals surface area contributed by atoms with Crippen molar-refractivity contribution in [1.82, 2.24) is 0 Å². The first kappa shape index (κ1) is 40.0. The molecule has 8 heteroatoms. The average Bonchev–Trinajstić information content (AvgIpc) is 3.05. The first-order chi connectivity index (χ1) is 23.0. The number of rotatable bonds is 15. The van der Waals surface area contributed by atoms with Crippen molar-refractivity contribution in [1.29, 1.82) is 0 Å². The van der Waals surface area contributed by atoms with Crippen molar-refractivity contribution >= 4 is 18.2 Å². The Balaban J connectivity index is 1.45. The van der Waals surface area contributed by atoms with Crippen molar-refractivity contribution in [3.05, 3.63) is 77.9 Å². The molecular formula is C41H64O6SSi. The first-order valence-electron chi connectivity index (χ1n) is 18.7. The number of allylic oxidation sites excluding steroid dienone is 1. The van der Waals surface area contributed by atoms with Crippen LogP contribution < -0.4 is 0 Å². The van der Waals surface area contributed by atoms with Crippen molar-refractivity contribution in [3.8, 4) is 0 Å². The van der Waals surface area contributed by atoms with E-state index < -0.39 is 29.2 Å². The largest absolute Gasteiger partial charge is 0.411 e. The van der Waals surface area contributed by atoms with Gasteiger partial charge in [0.25, 0.3) is 0 Å². The minimum absolute atomic E-state index is 0.0871. The molecular weight excluding hydrogens is 649 g/mol. The minimum Gasteiger partial charge on any atom is -0.411 e. The molecule has 0 N–H and O–H groups in total. The van der Waals surface area contributed by atoms with Gasteiger partial charge >= 0.3 is 0 Å². The summed E-state index contributed by atoms with van der Waals surface area (Å²) in [5.41, 5.74) is 2.26. The highest BCUT2D eigenvalue weighted by Crippen LogP contribution is 2.44. The van der Waals surface area contributed by atoms with Crippen molar-refractivity contribution in [3.63, 3.8) is 0 Å². The van der Waals surface area contributed by atoms with Gasteiger partial charge in [0.15, 0.2) is 23.9 Å². The standard InChI is InChI=1S/C41H64O6SSi/c1-31-24-26-41(46-38(31)23-17-27-44-30-35-18-12-10-13-19-35)25-16-20-36(45-41)29-39(48(42,43)37-21-14-11-15-22-37)33(3)28-32(2)34(4)47-49(8,9)40(5,6)7/h10-15,18-19,21-22,28,31,33-34,36,38-39H,16-17,20,23-27,29-30H2,1-9H3/b32-28+/t31?,33-,34+,36?,38?,39?,41?/m1/s1. The van der Waals surface area contributed by atoms with Gasteiger partial charge in [-0.25, -0.2) is 8.42 Å². The Bertz CT molecular complexity index is 1440. The molecule has 49 heavy (non-hydrogen) atoms. The minimum atomic E-state index is -3.64. The molecule has 7 atom stereocenters. The van der Waals surface area contributed by atoms with Gasteiger partial charge in [-0.05, 0) is 106 Å². The fraction of sp³-hybridized carbons (Fsp3) is 0.659. The normalized spacial score (nSPS) is 26.0. The maximum Gasteiger partial charge on any atom is 0.192 e. The van der Waals surface area contributed by atoms with Crippen LogP contribution in [0.2, 0.25) is 18.1 Å². The van der Waals surface area contributed by atoms with E-state index >= 15 is 0 Å². The molecule has 2 heterocycles. The maximum absolute atomic E-state index is 14.3. The fourth-order valence-corrected chi connectivity index (χ4v) is 10.5. The maximum atomic E-state index is 14.3. The summed E-state index contributed by atoms with van der Waals surface area (Å²) < 4.78 is 55.1. The zero-order valence-corrected chi connectivity index (χ0v) is 33.6. The van der Waals surface area contributed by atoms with Gasteiger partial charge in [-0.3, -0.25) is 0 Å². The summed E-state index contributed by atoms with van der Waals surface area (Å²) in [6, 6.07) is 19.2. The van der Waals surface area contributed by atoms with Crippen LogP contribution in [0.4, 0.5) is 0 Å². The monoisotopic (exact) mass is 712 g/mol. The van der Waals surface area contributed by atoms with Gasteiger partial charge in [0.05, 0.1) is 35.1 Å². The zero-order valence-electron chi connectivity index (χ0n) is 31.7. The second-order valence-electron chi connectivity index (χ2n) is 16.3. The SMILES string of the molecule is C/C(=C\[C@@H](C)C(CC1CCCC2(CCC(C)C(CCCOCc3ccccc3)O2)O1)S(=O)(=O)c1ccccc1)[C@H](C)O[Si](C)(C)C(C)(C)C. The van der Waals surface area contributed by atoms with E-state index in [9.17, 15) is 8.42 Å². The Kier molecular flexibility index (Phi) is 14.0. The molecule has 1 spiro atoms. The van der Waals surface area contributed by atoms with E-state index in [1.807, 2.05) is 31.2 Å². The number of hydrogen-bond donors (Lipinski definition) is 0. The molecule has 2 aromatic rings. The lowest BCUT2D eigenvalue weighted by Crippen LogP contribution is -2.51. The summed E-state index contributed by atoms with van der Waals surface area (Å²) in [6.45, 7) is 21.1. The van der Waals surface area contributed by atoms with Crippen LogP contribution in [-0.4, -0.2) is 52.7 Å². The second-order valence-corrected chi connectivity index (χ2v) is 23.2. The van der Waals surface area contributed by atoms with Crippen molar-refractivity contribution < 1.29 is 27.1 Å². The molecule has 274 valence electrons. The summed E-state index contributed by atoms with van der Waals surface area (Å²) >= 11 is 0. The highest BCUT2D eigenvalue weighted by molar-refractivity contribution is 7.92. The van der Waals surface area contributed by atoms with Crippen molar-refractivity contribution in [2.45, 2.75) is 159 Å². The molecule has 0 bridgehead atoms. The van der Waals surface area contributed by atoms with Gasteiger partial charge in [-0.15, -0.1) is 0 Å². The molecule has 2 aromatic carbocycles. The molecule has 0 saturated carbocycles. The molecule has 2 aliphatic rings. The third-order valence-electron chi connectivity index (χ3n) is 11.3. The molecule has 0 radical (unpaired) electrons. The molecule has 2 fully saturated rings. The van der Waals surface area contributed by atoms with Crippen LogP contribution in [0.25, 0.3) is 0 Å². The van der Waals surface area contributed by atoms with Crippen LogP contribution in [0.15, 0.2) is 77.2 Å². The van der Waals surface area contributed by atoms with E-state index in [2.05, 4.69) is 72.8 Å². The van der Waals surface area contributed by atoms with Gasteiger partial charge in [0.2, 0.25) is 0 Å². The Morgan fingerprint density at radius 3 is 2.31 bits per heavy atom. The zero-order chi connectivity index (χ0) is 35.9. The number of hydrogen-bond acceptors (Lipinski definition) is 6. The lowest BCUT2D eigenvalue weighted by Gasteiger charge is -2.48. The summed E-state index contributed by atoms with van der Waals surface area (Å²) in [6.07, 6.45) is 8.77. The van der Waals surface area contributed by atoms with Crippen LogP contribution in [-0.2, 0) is 35.1 Å². The third kappa shape index (κ3) is 10.8.